The molecular weight excluding hydrogens is 287 g/mol. The highest BCUT2D eigenvalue weighted by atomic mass is 14.2. The molecule has 0 aliphatic rings. The molecule has 0 amide bonds. The molecule has 0 aromatic rings. The van der Waals surface area contributed by atoms with Gasteiger partial charge in [-0.2, -0.15) is 0 Å². The van der Waals surface area contributed by atoms with Crippen LogP contribution in [0.15, 0.2) is 71.2 Å². The molecule has 1 heteroatoms. The quantitative estimate of drug-likeness (QED) is 0.358. The summed E-state index contributed by atoms with van der Waals surface area (Å²) < 4.78 is 0. The van der Waals surface area contributed by atoms with Crippen LogP contribution in [0.4, 0.5) is 0 Å². The molecule has 1 radical (unpaired) electrons. The monoisotopic (exact) mass is 323 g/mol. The molecule has 0 unspecified atom stereocenters. The van der Waals surface area contributed by atoms with Gasteiger partial charge in [0.15, 0.2) is 7.28 Å². The molecule has 0 bridgehead atoms. The predicted octanol–water partition coefficient (Wildman–Crippen LogP) is 7.21. The molecule has 0 saturated carbocycles. The van der Waals surface area contributed by atoms with Crippen LogP contribution in [-0.4, -0.2) is 7.28 Å². The van der Waals surface area contributed by atoms with Gasteiger partial charge in [0.05, 0.1) is 0 Å². The van der Waals surface area contributed by atoms with E-state index >= 15 is 0 Å². The normalized spacial score (nSPS) is 15.9. The minimum atomic E-state index is 0.160. The van der Waals surface area contributed by atoms with Gasteiger partial charge in [-0.25, -0.2) is 0 Å². The Balaban J connectivity index is 5.28. The summed E-state index contributed by atoms with van der Waals surface area (Å²) in [5.41, 5.74) is 5.35. The second kappa shape index (κ2) is 9.72. The van der Waals surface area contributed by atoms with E-state index in [0.29, 0.717) is 0 Å². The Hall–Kier alpha value is -1.50. The first-order valence-electron chi connectivity index (χ1n) is 8.83. The van der Waals surface area contributed by atoms with Crippen LogP contribution in [0.2, 0.25) is 0 Å². The van der Waals surface area contributed by atoms with Crippen LogP contribution in [0.1, 0.15) is 62.3 Å². The Kier molecular flexibility index (Phi) is 9.11. The van der Waals surface area contributed by atoms with Crippen LogP contribution in [0.3, 0.4) is 0 Å². The van der Waals surface area contributed by atoms with E-state index in [0.717, 1.165) is 5.47 Å². The van der Waals surface area contributed by atoms with Crippen molar-refractivity contribution in [2.24, 2.45) is 10.8 Å². The molecule has 0 saturated heterocycles. The van der Waals surface area contributed by atoms with E-state index in [1.165, 1.54) is 16.6 Å². The van der Waals surface area contributed by atoms with Gasteiger partial charge in [-0.15, -0.1) is 0 Å². The number of hydrogen-bond donors (Lipinski definition) is 0. The smallest absolute Gasteiger partial charge is 0.0996 e. The van der Waals surface area contributed by atoms with Gasteiger partial charge in [0.1, 0.15) is 0 Å². The molecule has 0 atom stereocenters. The molecule has 0 nitrogen and oxygen atoms in total. The molecule has 0 spiro atoms. The molecule has 0 aromatic heterocycles. The predicted molar refractivity (Wildman–Crippen MR) is 113 cm³/mol. The van der Waals surface area contributed by atoms with Gasteiger partial charge in [-0.3, -0.25) is 0 Å². The minimum absolute atomic E-state index is 0.160. The van der Waals surface area contributed by atoms with Crippen molar-refractivity contribution in [2.45, 2.75) is 62.3 Å². The third-order valence-corrected chi connectivity index (χ3v) is 4.24. The van der Waals surface area contributed by atoms with Gasteiger partial charge in [0.25, 0.3) is 0 Å². The average Bonchev–Trinajstić information content (AvgIpc) is 2.47. The second-order valence-electron chi connectivity index (χ2n) is 8.23. The molecule has 0 aliphatic carbocycles. The molecule has 0 N–H and O–H groups in total. The Morgan fingerprint density at radius 3 is 1.75 bits per heavy atom. The van der Waals surface area contributed by atoms with Gasteiger partial charge in [0.2, 0.25) is 0 Å². The number of rotatable bonds is 6. The third-order valence-electron chi connectivity index (χ3n) is 4.24. The fourth-order valence-corrected chi connectivity index (χ4v) is 2.03. The maximum absolute atomic E-state index is 3.95. The lowest BCUT2D eigenvalue weighted by atomic mass is 9.62. The van der Waals surface area contributed by atoms with Crippen molar-refractivity contribution in [2.75, 3.05) is 0 Å². The molecule has 131 valence electrons. The van der Waals surface area contributed by atoms with Gasteiger partial charge in [0, 0.05) is 0 Å². The largest absolute Gasteiger partial charge is 0.190 e. The summed E-state index contributed by atoms with van der Waals surface area (Å²) in [5, 5.41) is 0. The lowest BCUT2D eigenvalue weighted by molar-refractivity contribution is 0.504. The van der Waals surface area contributed by atoms with Crippen molar-refractivity contribution in [3.63, 3.8) is 0 Å². The summed E-state index contributed by atoms with van der Waals surface area (Å²) in [5.74, 6) is 0. The highest BCUT2D eigenvalue weighted by Crippen LogP contribution is 2.26. The van der Waals surface area contributed by atoms with Gasteiger partial charge >= 0.3 is 0 Å². The van der Waals surface area contributed by atoms with Gasteiger partial charge in [-0.1, -0.05) is 107 Å². The SMILES string of the molecule is C=C/C([B]C(/C=C\C(=C/C)C(C)(C)C)=C/C)=C\C=C(/C)C(C)(C)C. The van der Waals surface area contributed by atoms with Crippen molar-refractivity contribution in [1.29, 1.82) is 0 Å². The van der Waals surface area contributed by atoms with Crippen LogP contribution in [0.5, 0.6) is 0 Å². The molecule has 0 fully saturated rings. The topological polar surface area (TPSA) is 0 Å². The van der Waals surface area contributed by atoms with Gasteiger partial charge in [-0.05, 0) is 37.2 Å². The van der Waals surface area contributed by atoms with Crippen molar-refractivity contribution in [1.82, 2.24) is 0 Å². The number of hydrogen-bond acceptors (Lipinski definition) is 0. The Labute approximate surface area is 152 Å². The lowest BCUT2D eigenvalue weighted by Crippen LogP contribution is -2.07. The second-order valence-corrected chi connectivity index (χ2v) is 8.23. The van der Waals surface area contributed by atoms with E-state index < -0.39 is 0 Å². The van der Waals surface area contributed by atoms with Gasteiger partial charge < -0.3 is 0 Å². The molecule has 24 heavy (non-hydrogen) atoms. The Morgan fingerprint density at radius 2 is 1.38 bits per heavy atom. The molecule has 0 aromatic carbocycles. The van der Waals surface area contributed by atoms with Crippen LogP contribution in [0.25, 0.3) is 0 Å². The highest BCUT2D eigenvalue weighted by Gasteiger charge is 2.13. The van der Waals surface area contributed by atoms with Crippen LogP contribution in [-0.2, 0) is 0 Å². The molecular formula is C23H36B. The zero-order valence-corrected chi connectivity index (χ0v) is 17.3. The first-order chi connectivity index (χ1) is 11.0. The van der Waals surface area contributed by atoms with Crippen LogP contribution in [0, 0.1) is 10.8 Å². The summed E-state index contributed by atoms with van der Waals surface area (Å²) in [6.07, 6.45) is 14.9. The maximum atomic E-state index is 3.95. The summed E-state index contributed by atoms with van der Waals surface area (Å²) >= 11 is 0. The maximum Gasteiger partial charge on any atom is 0.190 e. The molecule has 0 aliphatic heterocycles. The van der Waals surface area contributed by atoms with E-state index in [4.69, 9.17) is 0 Å². The van der Waals surface area contributed by atoms with E-state index in [1.807, 2.05) is 6.08 Å². The Morgan fingerprint density at radius 1 is 0.792 bits per heavy atom. The van der Waals surface area contributed by atoms with Crippen molar-refractivity contribution < 1.29 is 0 Å². The fraction of sp³-hybridized carbons (Fsp3) is 0.478. The summed E-state index contributed by atoms with van der Waals surface area (Å²) in [6.45, 7) is 23.7. The first kappa shape index (κ1) is 22.5. The highest BCUT2D eigenvalue weighted by molar-refractivity contribution is 6.55. The van der Waals surface area contributed by atoms with Crippen LogP contribution < -0.4 is 0 Å². The van der Waals surface area contributed by atoms with Crippen LogP contribution >= 0.6 is 0 Å². The van der Waals surface area contributed by atoms with E-state index in [2.05, 4.69) is 113 Å². The van der Waals surface area contributed by atoms with E-state index in [-0.39, 0.29) is 10.8 Å². The molecule has 0 heterocycles. The van der Waals surface area contributed by atoms with Crippen molar-refractivity contribution in [3.05, 3.63) is 71.2 Å². The van der Waals surface area contributed by atoms with E-state index in [1.54, 1.807) is 0 Å². The van der Waals surface area contributed by atoms with E-state index in [9.17, 15) is 0 Å². The zero-order chi connectivity index (χ0) is 19.0. The minimum Gasteiger partial charge on any atom is -0.0996 e. The Bertz CT molecular complexity index is 564. The summed E-state index contributed by atoms with van der Waals surface area (Å²) in [6, 6.07) is 0. The average molecular weight is 323 g/mol. The summed E-state index contributed by atoms with van der Waals surface area (Å²) in [4.78, 5) is 0. The standard InChI is InChI=1S/C23H36B/c1-11-19(23(8,9)10)15-17-21(13-3)24-20(12-2)16-14-18(4)22(5,6)7/h11-17H,2H2,1,3-10H3/b17-15-,18-14+,19-11+,20-16+,21-13+. The lowest BCUT2D eigenvalue weighted by Gasteiger charge is -2.20. The molecule has 0 rings (SSSR count). The van der Waals surface area contributed by atoms with Crippen molar-refractivity contribution in [3.8, 4) is 0 Å². The summed E-state index contributed by atoms with van der Waals surface area (Å²) in [7, 11) is 2.17. The van der Waals surface area contributed by atoms with Crippen molar-refractivity contribution >= 4 is 7.28 Å². The zero-order valence-electron chi connectivity index (χ0n) is 17.3. The first-order valence-corrected chi connectivity index (χ1v) is 8.83. The number of allylic oxidation sites excluding steroid dienone is 11. The fourth-order valence-electron chi connectivity index (χ4n) is 2.03. The third kappa shape index (κ3) is 8.38.